The van der Waals surface area contributed by atoms with Gasteiger partial charge in [0.25, 0.3) is 5.91 Å². The molecule has 0 radical (unpaired) electrons. The summed E-state index contributed by atoms with van der Waals surface area (Å²) in [6.45, 7) is -0.190. The van der Waals surface area contributed by atoms with Gasteiger partial charge in [-0.15, -0.1) is 0 Å². The van der Waals surface area contributed by atoms with E-state index in [4.69, 9.17) is 20.8 Å². The number of carbonyl (C=O) groups is 2. The number of rotatable bonds is 7. The number of hydrogen-bond acceptors (Lipinski definition) is 5. The fraction of sp³-hybridized carbons (Fsp3) is 0.125. The monoisotopic (exact) mass is 464 g/mol. The van der Waals surface area contributed by atoms with Gasteiger partial charge in [-0.05, 0) is 42.5 Å². The fourth-order valence-corrected chi connectivity index (χ4v) is 3.47. The van der Waals surface area contributed by atoms with Gasteiger partial charge in [0.2, 0.25) is 5.91 Å². The van der Waals surface area contributed by atoms with Crippen molar-refractivity contribution in [3.8, 4) is 22.9 Å². The van der Waals surface area contributed by atoms with Crippen molar-refractivity contribution >= 4 is 29.1 Å². The Balaban J connectivity index is 1.57. The van der Waals surface area contributed by atoms with E-state index in [1.165, 1.54) is 16.7 Å². The first-order chi connectivity index (χ1) is 16.0. The zero-order valence-electron chi connectivity index (χ0n) is 18.0. The SMILES string of the molecule is COc1ccc(Cl)cc1NC(=O)CN(C)C(=O)c1cc(-c2ccco2)nn1-c1ccccc1. The van der Waals surface area contributed by atoms with Crippen LogP contribution < -0.4 is 10.1 Å². The minimum absolute atomic E-state index is 0.190. The molecular weight excluding hydrogens is 444 g/mol. The van der Waals surface area contributed by atoms with E-state index in [-0.39, 0.29) is 12.5 Å². The molecule has 0 atom stereocenters. The molecule has 2 heterocycles. The lowest BCUT2D eigenvalue weighted by molar-refractivity contribution is -0.116. The van der Waals surface area contributed by atoms with E-state index in [2.05, 4.69) is 10.4 Å². The molecule has 0 fully saturated rings. The molecule has 0 spiro atoms. The number of ether oxygens (including phenoxy) is 1. The number of carbonyl (C=O) groups excluding carboxylic acids is 2. The van der Waals surface area contributed by atoms with Crippen LogP contribution in [0.4, 0.5) is 5.69 Å². The number of hydrogen-bond donors (Lipinski definition) is 1. The molecule has 1 N–H and O–H groups in total. The van der Waals surface area contributed by atoms with Crippen LogP contribution in [0, 0.1) is 0 Å². The lowest BCUT2D eigenvalue weighted by Gasteiger charge is -2.18. The number of amides is 2. The summed E-state index contributed by atoms with van der Waals surface area (Å²) in [5, 5.41) is 7.73. The molecule has 2 aromatic heterocycles. The molecule has 4 rings (SSSR count). The predicted octanol–water partition coefficient (Wildman–Crippen LogP) is 4.51. The number of furan rings is 1. The number of para-hydroxylation sites is 1. The summed E-state index contributed by atoms with van der Waals surface area (Å²) in [5.74, 6) is 0.222. The first-order valence-electron chi connectivity index (χ1n) is 10.0. The van der Waals surface area contributed by atoms with Gasteiger partial charge in [0.05, 0.1) is 31.3 Å². The molecule has 8 nitrogen and oxygen atoms in total. The van der Waals surface area contributed by atoms with Gasteiger partial charge >= 0.3 is 0 Å². The standard InChI is InChI=1S/C24H21ClN4O4/c1-28(15-23(30)26-18-13-16(25)10-11-21(18)32-2)24(31)20-14-19(22-9-6-12-33-22)27-29(20)17-7-4-3-5-8-17/h3-14H,15H2,1-2H3,(H,26,30). The van der Waals surface area contributed by atoms with Crippen LogP contribution in [0.3, 0.4) is 0 Å². The summed E-state index contributed by atoms with van der Waals surface area (Å²) in [6, 6.07) is 19.3. The summed E-state index contributed by atoms with van der Waals surface area (Å²) < 4.78 is 12.2. The minimum atomic E-state index is -0.400. The van der Waals surface area contributed by atoms with Crippen molar-refractivity contribution < 1.29 is 18.7 Å². The summed E-state index contributed by atoms with van der Waals surface area (Å²) in [6.07, 6.45) is 1.54. The molecule has 168 valence electrons. The summed E-state index contributed by atoms with van der Waals surface area (Å²) in [7, 11) is 3.04. The van der Waals surface area contributed by atoms with Crippen molar-refractivity contribution in [2.75, 3.05) is 26.0 Å². The van der Waals surface area contributed by atoms with E-state index < -0.39 is 5.91 Å². The summed E-state index contributed by atoms with van der Waals surface area (Å²) >= 11 is 6.02. The Morgan fingerprint density at radius 3 is 2.61 bits per heavy atom. The number of halogens is 1. The third-order valence-electron chi connectivity index (χ3n) is 4.87. The number of methoxy groups -OCH3 is 1. The van der Waals surface area contributed by atoms with Crippen LogP contribution in [0.2, 0.25) is 5.02 Å². The van der Waals surface area contributed by atoms with E-state index in [9.17, 15) is 9.59 Å². The molecule has 4 aromatic rings. The van der Waals surface area contributed by atoms with Gasteiger partial charge in [-0.2, -0.15) is 5.10 Å². The maximum absolute atomic E-state index is 13.3. The molecule has 2 amide bonds. The van der Waals surface area contributed by atoms with Gasteiger partial charge in [0.15, 0.2) is 5.76 Å². The minimum Gasteiger partial charge on any atom is -0.495 e. The Hall–Kier alpha value is -4.04. The lowest BCUT2D eigenvalue weighted by Crippen LogP contribution is -2.36. The highest BCUT2D eigenvalue weighted by Crippen LogP contribution is 2.28. The quantitative estimate of drug-likeness (QED) is 0.435. The Morgan fingerprint density at radius 1 is 1.12 bits per heavy atom. The fourth-order valence-electron chi connectivity index (χ4n) is 3.29. The first kappa shape index (κ1) is 22.2. The normalized spacial score (nSPS) is 10.6. The van der Waals surface area contributed by atoms with E-state index in [1.54, 1.807) is 49.7 Å². The van der Waals surface area contributed by atoms with Gasteiger partial charge in [0.1, 0.15) is 17.1 Å². The highest BCUT2D eigenvalue weighted by Gasteiger charge is 2.23. The molecule has 0 bridgehead atoms. The van der Waals surface area contributed by atoms with Crippen molar-refractivity contribution in [2.45, 2.75) is 0 Å². The van der Waals surface area contributed by atoms with Crippen molar-refractivity contribution in [3.63, 3.8) is 0 Å². The topological polar surface area (TPSA) is 89.6 Å². The number of anilines is 1. The molecule has 0 saturated carbocycles. The van der Waals surface area contributed by atoms with Crippen LogP contribution in [0.25, 0.3) is 17.1 Å². The van der Waals surface area contributed by atoms with Crippen LogP contribution in [0.15, 0.2) is 77.4 Å². The molecule has 0 unspecified atom stereocenters. The second-order valence-electron chi connectivity index (χ2n) is 7.19. The summed E-state index contributed by atoms with van der Waals surface area (Å²) in [5.41, 5.74) is 1.93. The van der Waals surface area contributed by atoms with Crippen LogP contribution in [-0.2, 0) is 4.79 Å². The van der Waals surface area contributed by atoms with Gasteiger partial charge in [-0.3, -0.25) is 9.59 Å². The average molecular weight is 465 g/mol. The Kier molecular flexibility index (Phi) is 6.46. The predicted molar refractivity (Wildman–Crippen MR) is 125 cm³/mol. The van der Waals surface area contributed by atoms with Gasteiger partial charge in [-0.25, -0.2) is 4.68 Å². The average Bonchev–Trinajstić information content (AvgIpc) is 3.49. The maximum Gasteiger partial charge on any atom is 0.272 e. The van der Waals surface area contributed by atoms with Crippen LogP contribution in [0.1, 0.15) is 10.5 Å². The highest BCUT2D eigenvalue weighted by molar-refractivity contribution is 6.31. The van der Waals surface area contributed by atoms with Crippen LogP contribution in [-0.4, -0.2) is 47.2 Å². The molecule has 0 aliphatic rings. The number of benzene rings is 2. The van der Waals surface area contributed by atoms with E-state index in [1.807, 2.05) is 30.3 Å². The molecule has 0 saturated heterocycles. The van der Waals surface area contributed by atoms with Crippen molar-refractivity contribution in [3.05, 3.63) is 83.7 Å². The number of nitrogens with one attached hydrogen (secondary N) is 1. The van der Waals surface area contributed by atoms with Gasteiger partial charge in [0, 0.05) is 18.1 Å². The third-order valence-corrected chi connectivity index (χ3v) is 5.10. The van der Waals surface area contributed by atoms with Crippen LogP contribution >= 0.6 is 11.6 Å². The van der Waals surface area contributed by atoms with E-state index in [0.717, 1.165) is 0 Å². The molecule has 2 aromatic carbocycles. The molecule has 9 heteroatoms. The number of nitrogens with zero attached hydrogens (tertiary/aromatic N) is 3. The van der Waals surface area contributed by atoms with E-state index in [0.29, 0.717) is 39.3 Å². The maximum atomic E-state index is 13.3. The van der Waals surface area contributed by atoms with Crippen molar-refractivity contribution in [1.29, 1.82) is 0 Å². The smallest absolute Gasteiger partial charge is 0.272 e. The van der Waals surface area contributed by atoms with Crippen molar-refractivity contribution in [1.82, 2.24) is 14.7 Å². The lowest BCUT2D eigenvalue weighted by atomic mass is 10.2. The second kappa shape index (κ2) is 9.62. The Labute approximate surface area is 195 Å². The highest BCUT2D eigenvalue weighted by atomic mass is 35.5. The molecule has 0 aliphatic carbocycles. The zero-order chi connectivity index (χ0) is 23.4. The Bertz CT molecular complexity index is 1270. The van der Waals surface area contributed by atoms with Crippen molar-refractivity contribution in [2.24, 2.45) is 0 Å². The molecule has 33 heavy (non-hydrogen) atoms. The number of aromatic nitrogens is 2. The molecular formula is C24H21ClN4O4. The first-order valence-corrected chi connectivity index (χ1v) is 10.4. The Morgan fingerprint density at radius 2 is 1.91 bits per heavy atom. The van der Waals surface area contributed by atoms with Crippen LogP contribution in [0.5, 0.6) is 5.75 Å². The molecule has 0 aliphatic heterocycles. The van der Waals surface area contributed by atoms with E-state index >= 15 is 0 Å². The number of likely N-dealkylation sites (N-methyl/N-ethyl adjacent to an activating group) is 1. The second-order valence-corrected chi connectivity index (χ2v) is 7.63. The zero-order valence-corrected chi connectivity index (χ0v) is 18.7. The largest absolute Gasteiger partial charge is 0.495 e. The van der Waals surface area contributed by atoms with Gasteiger partial charge in [-0.1, -0.05) is 29.8 Å². The van der Waals surface area contributed by atoms with Gasteiger partial charge < -0.3 is 19.4 Å². The third kappa shape index (κ3) is 4.91. The summed E-state index contributed by atoms with van der Waals surface area (Å²) in [4.78, 5) is 27.3.